The van der Waals surface area contributed by atoms with Gasteiger partial charge >= 0.3 is 0 Å². The van der Waals surface area contributed by atoms with Crippen LogP contribution in [0.4, 0.5) is 0 Å². The molecule has 2 saturated heterocycles. The monoisotopic (exact) mass is 268 g/mol. The molecule has 3 rings (SSSR count). The molecule has 1 saturated carbocycles. The van der Waals surface area contributed by atoms with Crippen molar-refractivity contribution < 1.29 is 0 Å². The third kappa shape index (κ3) is 3.05. The van der Waals surface area contributed by atoms with E-state index in [1.165, 1.54) is 64.6 Å². The Labute approximate surface area is 116 Å². The fourth-order valence-electron chi connectivity index (χ4n) is 4.21. The standard InChI is InChI=1S/C15H28N2S/c1-18-14-6-8-17(9-7-14)11-13-10-12-4-2-3-5-15(12)16-13/h12-16H,2-11H2,1H3. The van der Waals surface area contributed by atoms with Crippen molar-refractivity contribution in [2.24, 2.45) is 5.92 Å². The molecule has 0 aromatic heterocycles. The predicted molar refractivity (Wildman–Crippen MR) is 80.3 cm³/mol. The molecule has 104 valence electrons. The highest BCUT2D eigenvalue weighted by Gasteiger charge is 2.35. The SMILES string of the molecule is CSC1CCN(CC2CC3CCCCC3N2)CC1. The van der Waals surface area contributed by atoms with Crippen LogP contribution in [0.5, 0.6) is 0 Å². The van der Waals surface area contributed by atoms with Gasteiger partial charge in [0, 0.05) is 23.9 Å². The smallest absolute Gasteiger partial charge is 0.0200 e. The van der Waals surface area contributed by atoms with Gasteiger partial charge in [-0.25, -0.2) is 0 Å². The molecule has 0 radical (unpaired) electrons. The van der Waals surface area contributed by atoms with Crippen LogP contribution in [0.2, 0.25) is 0 Å². The van der Waals surface area contributed by atoms with E-state index in [-0.39, 0.29) is 0 Å². The van der Waals surface area contributed by atoms with Gasteiger partial charge in [-0.05, 0) is 57.4 Å². The topological polar surface area (TPSA) is 15.3 Å². The normalized spacial score (nSPS) is 38.8. The van der Waals surface area contributed by atoms with Crippen molar-refractivity contribution in [2.75, 3.05) is 25.9 Å². The van der Waals surface area contributed by atoms with Gasteiger partial charge in [0.25, 0.3) is 0 Å². The maximum absolute atomic E-state index is 3.92. The Hall–Kier alpha value is 0.270. The zero-order chi connectivity index (χ0) is 12.4. The van der Waals surface area contributed by atoms with Crippen molar-refractivity contribution in [3.63, 3.8) is 0 Å². The summed E-state index contributed by atoms with van der Waals surface area (Å²) < 4.78 is 0. The van der Waals surface area contributed by atoms with Crippen LogP contribution < -0.4 is 5.32 Å². The average molecular weight is 268 g/mol. The van der Waals surface area contributed by atoms with Crippen LogP contribution in [0.3, 0.4) is 0 Å². The molecular formula is C15H28N2S. The number of rotatable bonds is 3. The molecule has 2 heterocycles. The van der Waals surface area contributed by atoms with E-state index in [2.05, 4.69) is 28.2 Å². The van der Waals surface area contributed by atoms with Crippen LogP contribution in [-0.2, 0) is 0 Å². The van der Waals surface area contributed by atoms with Crippen LogP contribution in [0, 0.1) is 5.92 Å². The van der Waals surface area contributed by atoms with Gasteiger partial charge in [-0.1, -0.05) is 12.8 Å². The molecule has 0 spiro atoms. The Balaban J connectivity index is 1.44. The van der Waals surface area contributed by atoms with Crippen molar-refractivity contribution in [3.8, 4) is 0 Å². The molecule has 3 unspecified atom stereocenters. The van der Waals surface area contributed by atoms with E-state index in [0.29, 0.717) is 0 Å². The van der Waals surface area contributed by atoms with Gasteiger partial charge in [0.1, 0.15) is 0 Å². The lowest BCUT2D eigenvalue weighted by Crippen LogP contribution is -2.44. The second-order valence-corrected chi connectivity index (χ2v) is 7.62. The van der Waals surface area contributed by atoms with Gasteiger partial charge in [0.2, 0.25) is 0 Å². The van der Waals surface area contributed by atoms with Crippen LogP contribution in [-0.4, -0.2) is 48.1 Å². The van der Waals surface area contributed by atoms with E-state index < -0.39 is 0 Å². The molecule has 18 heavy (non-hydrogen) atoms. The predicted octanol–water partition coefficient (Wildman–Crippen LogP) is 2.73. The van der Waals surface area contributed by atoms with Crippen molar-refractivity contribution in [1.29, 1.82) is 0 Å². The summed E-state index contributed by atoms with van der Waals surface area (Å²) in [5.74, 6) is 1.01. The second-order valence-electron chi connectivity index (χ2n) is 6.49. The van der Waals surface area contributed by atoms with Crippen LogP contribution in [0.15, 0.2) is 0 Å². The number of likely N-dealkylation sites (tertiary alicyclic amines) is 1. The van der Waals surface area contributed by atoms with Crippen molar-refractivity contribution in [3.05, 3.63) is 0 Å². The molecule has 3 heteroatoms. The molecule has 3 atom stereocenters. The van der Waals surface area contributed by atoms with Gasteiger partial charge < -0.3 is 10.2 Å². The first-order valence-corrected chi connectivity index (χ1v) is 9.15. The lowest BCUT2D eigenvalue weighted by Gasteiger charge is -2.33. The Morgan fingerprint density at radius 3 is 2.61 bits per heavy atom. The number of nitrogens with one attached hydrogen (secondary N) is 1. The summed E-state index contributed by atoms with van der Waals surface area (Å²) in [6.45, 7) is 3.98. The maximum atomic E-state index is 3.92. The largest absolute Gasteiger partial charge is 0.310 e. The van der Waals surface area contributed by atoms with E-state index in [0.717, 1.165) is 23.3 Å². The Bertz CT molecular complexity index is 249. The van der Waals surface area contributed by atoms with Crippen LogP contribution >= 0.6 is 11.8 Å². The van der Waals surface area contributed by atoms with Crippen LogP contribution in [0.25, 0.3) is 0 Å². The zero-order valence-electron chi connectivity index (χ0n) is 11.7. The number of fused-ring (bicyclic) bond motifs is 1. The van der Waals surface area contributed by atoms with Crippen molar-refractivity contribution in [2.45, 2.75) is 62.3 Å². The molecule has 2 nitrogen and oxygen atoms in total. The first kappa shape index (κ1) is 13.3. The summed E-state index contributed by atoms with van der Waals surface area (Å²) in [4.78, 5) is 2.71. The fraction of sp³-hybridized carbons (Fsp3) is 1.00. The number of hydrogen-bond donors (Lipinski definition) is 1. The average Bonchev–Trinajstić information content (AvgIpc) is 2.82. The summed E-state index contributed by atoms with van der Waals surface area (Å²) >= 11 is 2.06. The maximum Gasteiger partial charge on any atom is 0.0200 e. The summed E-state index contributed by atoms with van der Waals surface area (Å²) in [5, 5.41) is 4.85. The minimum atomic E-state index is 0.795. The van der Waals surface area contributed by atoms with Gasteiger partial charge in [0.15, 0.2) is 0 Å². The van der Waals surface area contributed by atoms with E-state index >= 15 is 0 Å². The molecule has 0 amide bonds. The summed E-state index contributed by atoms with van der Waals surface area (Å²) in [6, 6.07) is 1.66. The zero-order valence-corrected chi connectivity index (χ0v) is 12.6. The van der Waals surface area contributed by atoms with Crippen LogP contribution in [0.1, 0.15) is 44.9 Å². The molecule has 1 N–H and O–H groups in total. The van der Waals surface area contributed by atoms with E-state index in [9.17, 15) is 0 Å². The lowest BCUT2D eigenvalue weighted by atomic mass is 9.85. The number of piperidine rings is 1. The molecule has 3 fully saturated rings. The highest BCUT2D eigenvalue weighted by atomic mass is 32.2. The quantitative estimate of drug-likeness (QED) is 0.847. The third-order valence-corrected chi connectivity index (χ3v) is 6.43. The van der Waals surface area contributed by atoms with E-state index in [1.807, 2.05) is 0 Å². The fourth-order valence-corrected chi connectivity index (χ4v) is 4.89. The molecule has 0 aromatic carbocycles. The van der Waals surface area contributed by atoms with E-state index in [4.69, 9.17) is 0 Å². The van der Waals surface area contributed by atoms with Crippen molar-refractivity contribution >= 4 is 11.8 Å². The number of hydrogen-bond acceptors (Lipinski definition) is 3. The molecule has 1 aliphatic carbocycles. The van der Waals surface area contributed by atoms with Gasteiger partial charge in [-0.15, -0.1) is 0 Å². The minimum Gasteiger partial charge on any atom is -0.310 e. The minimum absolute atomic E-state index is 0.795. The molecular weight excluding hydrogens is 240 g/mol. The van der Waals surface area contributed by atoms with Gasteiger partial charge in [-0.3, -0.25) is 0 Å². The van der Waals surface area contributed by atoms with Gasteiger partial charge in [0.05, 0.1) is 0 Å². The van der Waals surface area contributed by atoms with Crippen molar-refractivity contribution in [1.82, 2.24) is 10.2 Å². The summed E-state index contributed by atoms with van der Waals surface area (Å²) in [6.07, 6.45) is 12.4. The molecule has 0 bridgehead atoms. The molecule has 3 aliphatic rings. The lowest BCUT2D eigenvalue weighted by molar-refractivity contribution is 0.212. The Morgan fingerprint density at radius 1 is 1.11 bits per heavy atom. The number of thioether (sulfide) groups is 1. The molecule has 0 aromatic rings. The Kier molecular flexibility index (Phi) is 4.53. The van der Waals surface area contributed by atoms with E-state index in [1.54, 1.807) is 0 Å². The summed E-state index contributed by atoms with van der Waals surface area (Å²) in [7, 11) is 0. The third-order valence-electron chi connectivity index (χ3n) is 5.29. The Morgan fingerprint density at radius 2 is 1.89 bits per heavy atom. The number of nitrogens with zero attached hydrogens (tertiary/aromatic N) is 1. The summed E-state index contributed by atoms with van der Waals surface area (Å²) in [5.41, 5.74) is 0. The first-order chi connectivity index (χ1) is 8.85. The first-order valence-electron chi connectivity index (χ1n) is 7.86. The highest BCUT2D eigenvalue weighted by Crippen LogP contribution is 2.33. The van der Waals surface area contributed by atoms with Gasteiger partial charge in [-0.2, -0.15) is 11.8 Å². The highest BCUT2D eigenvalue weighted by molar-refractivity contribution is 7.99. The second kappa shape index (κ2) is 6.15. The molecule has 2 aliphatic heterocycles.